The fourth-order valence-corrected chi connectivity index (χ4v) is 2.30. The van der Waals surface area contributed by atoms with E-state index in [1.807, 2.05) is 0 Å². The standard InChI is InChI=1S/C11H19N3O3/c1-14(7-5-8(6-7)17-2)9(15)11(3-4-11)13-10(12)16/h7-8H,3-6H2,1-2H3,(H3,12,13,16). The van der Waals surface area contributed by atoms with Crippen LogP contribution in [0.25, 0.3) is 0 Å². The monoisotopic (exact) mass is 241 g/mol. The number of nitrogens with one attached hydrogen (secondary N) is 1. The van der Waals surface area contributed by atoms with Crippen LogP contribution in [0.1, 0.15) is 25.7 Å². The molecule has 17 heavy (non-hydrogen) atoms. The summed E-state index contributed by atoms with van der Waals surface area (Å²) in [6.07, 6.45) is 3.35. The highest BCUT2D eigenvalue weighted by atomic mass is 16.5. The van der Waals surface area contributed by atoms with Gasteiger partial charge in [-0.2, -0.15) is 0 Å². The Labute approximate surface area is 100 Å². The summed E-state index contributed by atoms with van der Waals surface area (Å²) in [5.74, 6) is -0.0316. The summed E-state index contributed by atoms with van der Waals surface area (Å²) in [6.45, 7) is 0. The number of primary amides is 1. The minimum absolute atomic E-state index is 0.0316. The Morgan fingerprint density at radius 1 is 1.41 bits per heavy atom. The molecule has 0 atom stereocenters. The molecule has 2 aliphatic carbocycles. The highest BCUT2D eigenvalue weighted by Gasteiger charge is 2.53. The normalized spacial score (nSPS) is 29.1. The van der Waals surface area contributed by atoms with E-state index in [-0.39, 0.29) is 18.1 Å². The molecule has 2 rings (SSSR count). The van der Waals surface area contributed by atoms with Crippen molar-refractivity contribution in [3.63, 3.8) is 0 Å². The van der Waals surface area contributed by atoms with Crippen molar-refractivity contribution >= 4 is 11.9 Å². The molecule has 6 heteroatoms. The van der Waals surface area contributed by atoms with Crippen LogP contribution in [0.15, 0.2) is 0 Å². The SMILES string of the molecule is COC1CC(N(C)C(=O)C2(NC(N)=O)CC2)C1. The van der Waals surface area contributed by atoms with Gasteiger partial charge in [0.15, 0.2) is 0 Å². The van der Waals surface area contributed by atoms with E-state index in [0.717, 1.165) is 12.8 Å². The van der Waals surface area contributed by atoms with Crippen molar-refractivity contribution in [3.05, 3.63) is 0 Å². The first kappa shape index (κ1) is 12.2. The lowest BCUT2D eigenvalue weighted by atomic mass is 9.87. The summed E-state index contributed by atoms with van der Waals surface area (Å²) < 4.78 is 5.18. The van der Waals surface area contributed by atoms with Crippen LogP contribution < -0.4 is 11.1 Å². The van der Waals surface area contributed by atoms with Gasteiger partial charge in [-0.1, -0.05) is 0 Å². The molecule has 0 aromatic heterocycles. The van der Waals surface area contributed by atoms with Crippen LogP contribution in [-0.2, 0) is 9.53 Å². The van der Waals surface area contributed by atoms with Crippen molar-refractivity contribution in [3.8, 4) is 0 Å². The molecule has 0 heterocycles. The number of urea groups is 1. The van der Waals surface area contributed by atoms with E-state index in [1.165, 1.54) is 0 Å². The number of nitrogens with zero attached hydrogens (tertiary/aromatic N) is 1. The van der Waals surface area contributed by atoms with Crippen LogP contribution in [0, 0.1) is 0 Å². The first-order valence-electron chi connectivity index (χ1n) is 5.86. The average Bonchev–Trinajstić information content (AvgIpc) is 2.95. The lowest BCUT2D eigenvalue weighted by Gasteiger charge is -2.41. The maximum absolute atomic E-state index is 12.2. The maximum Gasteiger partial charge on any atom is 0.313 e. The smallest absolute Gasteiger partial charge is 0.313 e. The van der Waals surface area contributed by atoms with Gasteiger partial charge in [-0.3, -0.25) is 4.79 Å². The predicted octanol–water partition coefficient (Wildman–Crippen LogP) is -0.177. The third kappa shape index (κ3) is 2.22. The number of carbonyl (C=O) groups is 2. The van der Waals surface area contributed by atoms with E-state index in [2.05, 4.69) is 5.32 Å². The van der Waals surface area contributed by atoms with E-state index in [9.17, 15) is 9.59 Å². The van der Waals surface area contributed by atoms with E-state index in [4.69, 9.17) is 10.5 Å². The second-order valence-electron chi connectivity index (χ2n) is 4.97. The summed E-state index contributed by atoms with van der Waals surface area (Å²) in [4.78, 5) is 24.8. The van der Waals surface area contributed by atoms with Crippen LogP contribution in [0.2, 0.25) is 0 Å². The van der Waals surface area contributed by atoms with Gasteiger partial charge in [-0.25, -0.2) is 4.79 Å². The van der Waals surface area contributed by atoms with Gasteiger partial charge >= 0.3 is 6.03 Å². The number of likely N-dealkylation sites (N-methyl/N-ethyl adjacent to an activating group) is 1. The number of carbonyl (C=O) groups excluding carboxylic acids is 2. The van der Waals surface area contributed by atoms with Crippen molar-refractivity contribution in [1.82, 2.24) is 10.2 Å². The van der Waals surface area contributed by atoms with Gasteiger partial charge in [0.1, 0.15) is 5.54 Å². The van der Waals surface area contributed by atoms with Gasteiger partial charge in [0.25, 0.3) is 0 Å². The third-order valence-electron chi connectivity index (χ3n) is 3.79. The Morgan fingerprint density at radius 2 is 2.00 bits per heavy atom. The molecule has 0 bridgehead atoms. The molecule has 0 unspecified atom stereocenters. The first-order valence-corrected chi connectivity index (χ1v) is 5.86. The van der Waals surface area contributed by atoms with Crippen LogP contribution in [-0.4, -0.2) is 48.7 Å². The molecule has 96 valence electrons. The molecule has 0 spiro atoms. The second kappa shape index (κ2) is 4.18. The van der Waals surface area contributed by atoms with Crippen LogP contribution in [0.4, 0.5) is 4.79 Å². The Bertz CT molecular complexity index is 335. The molecule has 3 N–H and O–H groups in total. The van der Waals surface area contributed by atoms with Crippen molar-refractivity contribution < 1.29 is 14.3 Å². The molecular weight excluding hydrogens is 222 g/mol. The zero-order chi connectivity index (χ0) is 12.6. The van der Waals surface area contributed by atoms with Crippen molar-refractivity contribution in [2.45, 2.75) is 43.4 Å². The Balaban J connectivity index is 1.90. The highest BCUT2D eigenvalue weighted by molar-refractivity contribution is 5.93. The molecule has 0 radical (unpaired) electrons. The Kier molecular flexibility index (Phi) is 2.99. The molecule has 6 nitrogen and oxygen atoms in total. The van der Waals surface area contributed by atoms with Crippen LogP contribution >= 0.6 is 0 Å². The number of hydrogen-bond acceptors (Lipinski definition) is 3. The topological polar surface area (TPSA) is 84.7 Å². The number of methoxy groups -OCH3 is 1. The zero-order valence-electron chi connectivity index (χ0n) is 10.2. The molecule has 0 aromatic carbocycles. The average molecular weight is 241 g/mol. The fraction of sp³-hybridized carbons (Fsp3) is 0.818. The van der Waals surface area contributed by atoms with Crippen molar-refractivity contribution in [1.29, 1.82) is 0 Å². The van der Waals surface area contributed by atoms with Crippen molar-refractivity contribution in [2.75, 3.05) is 14.2 Å². The van der Waals surface area contributed by atoms with E-state index >= 15 is 0 Å². The number of nitrogens with two attached hydrogens (primary N) is 1. The molecule has 0 aromatic rings. The lowest BCUT2D eigenvalue weighted by Crippen LogP contribution is -2.56. The Hall–Kier alpha value is -1.30. The summed E-state index contributed by atoms with van der Waals surface area (Å²) in [7, 11) is 3.46. The van der Waals surface area contributed by atoms with E-state index in [1.54, 1.807) is 19.1 Å². The summed E-state index contributed by atoms with van der Waals surface area (Å²) >= 11 is 0. The molecule has 0 saturated heterocycles. The molecule has 2 fully saturated rings. The Morgan fingerprint density at radius 3 is 2.41 bits per heavy atom. The quantitative estimate of drug-likeness (QED) is 0.716. The number of rotatable bonds is 4. The van der Waals surface area contributed by atoms with Gasteiger partial charge in [0, 0.05) is 20.2 Å². The van der Waals surface area contributed by atoms with Gasteiger partial charge < -0.3 is 20.7 Å². The zero-order valence-corrected chi connectivity index (χ0v) is 10.2. The van der Waals surface area contributed by atoms with Gasteiger partial charge in [-0.05, 0) is 25.7 Å². The number of amides is 3. The lowest BCUT2D eigenvalue weighted by molar-refractivity contribution is -0.139. The molecule has 3 amide bonds. The summed E-state index contributed by atoms with van der Waals surface area (Å²) in [6, 6.07) is -0.410. The van der Waals surface area contributed by atoms with E-state index in [0.29, 0.717) is 12.8 Å². The van der Waals surface area contributed by atoms with Crippen LogP contribution in [0.3, 0.4) is 0 Å². The molecule has 0 aliphatic heterocycles. The molecule has 2 saturated carbocycles. The minimum atomic E-state index is -0.723. The maximum atomic E-state index is 12.2. The van der Waals surface area contributed by atoms with Gasteiger partial charge in [0.05, 0.1) is 6.10 Å². The third-order valence-corrected chi connectivity index (χ3v) is 3.79. The molecule has 2 aliphatic rings. The van der Waals surface area contributed by atoms with Crippen molar-refractivity contribution in [2.24, 2.45) is 5.73 Å². The van der Waals surface area contributed by atoms with Gasteiger partial charge in [-0.15, -0.1) is 0 Å². The summed E-state index contributed by atoms with van der Waals surface area (Å²) in [5.41, 5.74) is 4.36. The second-order valence-corrected chi connectivity index (χ2v) is 4.97. The first-order chi connectivity index (χ1) is 7.98. The van der Waals surface area contributed by atoms with E-state index < -0.39 is 11.6 Å². The largest absolute Gasteiger partial charge is 0.381 e. The van der Waals surface area contributed by atoms with Gasteiger partial charge in [0.2, 0.25) is 5.91 Å². The predicted molar refractivity (Wildman–Crippen MR) is 61.3 cm³/mol. The number of hydrogen-bond donors (Lipinski definition) is 2. The van der Waals surface area contributed by atoms with Crippen LogP contribution in [0.5, 0.6) is 0 Å². The minimum Gasteiger partial charge on any atom is -0.381 e. The number of ether oxygens (including phenoxy) is 1. The molecular formula is C11H19N3O3. The summed E-state index contributed by atoms with van der Waals surface area (Å²) in [5, 5.41) is 2.56. The highest BCUT2D eigenvalue weighted by Crippen LogP contribution is 2.39. The fourth-order valence-electron chi connectivity index (χ4n) is 2.30.